The van der Waals surface area contributed by atoms with Gasteiger partial charge in [-0.15, -0.1) is 10.2 Å². The third-order valence-electron chi connectivity index (χ3n) is 3.67. The van der Waals surface area contributed by atoms with Crippen LogP contribution in [0.25, 0.3) is 28.2 Å². The van der Waals surface area contributed by atoms with Gasteiger partial charge in [0.2, 0.25) is 5.78 Å². The zero-order chi connectivity index (χ0) is 14.6. The van der Waals surface area contributed by atoms with Crippen LogP contribution in [0, 0.1) is 0 Å². The van der Waals surface area contributed by atoms with Crippen LogP contribution in [0.3, 0.4) is 0 Å². The number of nitrogens with zero attached hydrogens (tertiary/aromatic N) is 4. The molecule has 0 saturated heterocycles. The van der Waals surface area contributed by atoms with Gasteiger partial charge in [-0.25, -0.2) is 0 Å². The van der Waals surface area contributed by atoms with Gasteiger partial charge in [0.25, 0.3) is 0 Å². The van der Waals surface area contributed by atoms with Gasteiger partial charge >= 0.3 is 0 Å². The fourth-order valence-corrected chi connectivity index (χ4v) is 2.62. The second kappa shape index (κ2) is 3.99. The van der Waals surface area contributed by atoms with Crippen molar-refractivity contribution < 1.29 is 5.11 Å². The van der Waals surface area contributed by atoms with E-state index in [2.05, 4.69) is 10.2 Å². The maximum Gasteiger partial charge on any atom is 0.236 e. The lowest BCUT2D eigenvalue weighted by molar-refractivity contribution is 0.475. The highest BCUT2D eigenvalue weighted by atomic mass is 16.3. The molecule has 0 radical (unpaired) electrons. The maximum atomic E-state index is 9.42. The molecule has 0 aliphatic rings. The summed E-state index contributed by atoms with van der Waals surface area (Å²) < 4.78 is 3.95. The SMILES string of the molecule is Cn1c2ccc(N)cc2n2c(-c3ccc(O)cc3)nnc12. The number of nitrogens with two attached hydrogens (primary N) is 1. The zero-order valence-electron chi connectivity index (χ0n) is 11.4. The maximum absolute atomic E-state index is 9.42. The third kappa shape index (κ3) is 1.59. The second-order valence-electron chi connectivity index (χ2n) is 5.01. The van der Waals surface area contributed by atoms with Gasteiger partial charge in [0.1, 0.15) is 5.75 Å². The Kier molecular flexibility index (Phi) is 2.24. The molecule has 4 rings (SSSR count). The molecule has 0 fully saturated rings. The van der Waals surface area contributed by atoms with Crippen molar-refractivity contribution in [1.82, 2.24) is 19.2 Å². The Bertz CT molecular complexity index is 965. The molecular weight excluding hydrogens is 266 g/mol. The number of hydrogen-bond donors (Lipinski definition) is 2. The summed E-state index contributed by atoms with van der Waals surface area (Å²) in [5.41, 5.74) is 9.48. The number of benzene rings is 2. The van der Waals surface area contributed by atoms with Crippen LogP contribution in [-0.4, -0.2) is 24.3 Å². The first-order valence-electron chi connectivity index (χ1n) is 6.53. The lowest BCUT2D eigenvalue weighted by atomic mass is 10.2. The number of aromatic hydroxyl groups is 1. The summed E-state index contributed by atoms with van der Waals surface area (Å²) in [6, 6.07) is 12.7. The van der Waals surface area contributed by atoms with E-state index in [0.717, 1.165) is 28.2 Å². The molecule has 0 unspecified atom stereocenters. The first-order valence-corrected chi connectivity index (χ1v) is 6.53. The average Bonchev–Trinajstić information content (AvgIpc) is 3.01. The van der Waals surface area contributed by atoms with Crippen LogP contribution in [0.15, 0.2) is 42.5 Å². The van der Waals surface area contributed by atoms with E-state index >= 15 is 0 Å². The molecular formula is C15H13N5O. The van der Waals surface area contributed by atoms with Crippen molar-refractivity contribution >= 4 is 22.5 Å². The van der Waals surface area contributed by atoms with Crippen LogP contribution < -0.4 is 5.73 Å². The lowest BCUT2D eigenvalue weighted by Gasteiger charge is -2.00. The summed E-state index contributed by atoms with van der Waals surface area (Å²) >= 11 is 0. The van der Waals surface area contributed by atoms with E-state index < -0.39 is 0 Å². The van der Waals surface area contributed by atoms with Crippen LogP contribution in [0.2, 0.25) is 0 Å². The standard InChI is InChI=1S/C15H13N5O/c1-19-12-7-4-10(16)8-13(12)20-14(17-18-15(19)20)9-2-5-11(21)6-3-9/h2-8,21H,16H2,1H3. The number of fused-ring (bicyclic) bond motifs is 3. The van der Waals surface area contributed by atoms with E-state index in [1.807, 2.05) is 46.3 Å². The number of phenols is 1. The smallest absolute Gasteiger partial charge is 0.236 e. The van der Waals surface area contributed by atoms with Gasteiger partial charge in [-0.3, -0.25) is 4.40 Å². The lowest BCUT2D eigenvalue weighted by Crippen LogP contribution is -1.89. The number of hydrogen-bond acceptors (Lipinski definition) is 4. The van der Waals surface area contributed by atoms with Crippen LogP contribution in [0.1, 0.15) is 0 Å². The summed E-state index contributed by atoms with van der Waals surface area (Å²) in [7, 11) is 1.95. The number of imidazole rings is 1. The number of anilines is 1. The van der Waals surface area contributed by atoms with E-state index in [9.17, 15) is 5.11 Å². The molecule has 2 heterocycles. The van der Waals surface area contributed by atoms with Gasteiger partial charge in [0.15, 0.2) is 5.82 Å². The van der Waals surface area contributed by atoms with Crippen LogP contribution in [0.4, 0.5) is 5.69 Å². The Balaban J connectivity index is 2.11. The van der Waals surface area contributed by atoms with Crippen molar-refractivity contribution in [3.63, 3.8) is 0 Å². The molecule has 2 aromatic carbocycles. The summed E-state index contributed by atoms with van der Waals surface area (Å²) in [6.45, 7) is 0. The monoisotopic (exact) mass is 279 g/mol. The quantitative estimate of drug-likeness (QED) is 0.523. The predicted molar refractivity (Wildman–Crippen MR) is 81.0 cm³/mol. The molecule has 0 aliphatic heterocycles. The van der Waals surface area contributed by atoms with E-state index in [4.69, 9.17) is 5.73 Å². The summed E-state index contributed by atoms with van der Waals surface area (Å²) in [4.78, 5) is 0. The highest BCUT2D eigenvalue weighted by Crippen LogP contribution is 2.27. The number of phenolic OH excluding ortho intramolecular Hbond substituents is 1. The predicted octanol–water partition coefficient (Wildman–Crippen LogP) is 2.18. The van der Waals surface area contributed by atoms with Crippen molar-refractivity contribution in [2.45, 2.75) is 0 Å². The topological polar surface area (TPSA) is 81.4 Å². The molecule has 0 bridgehead atoms. The molecule has 21 heavy (non-hydrogen) atoms. The van der Waals surface area contributed by atoms with Gasteiger partial charge in [-0.05, 0) is 42.5 Å². The first kappa shape index (κ1) is 11.8. The minimum Gasteiger partial charge on any atom is -0.508 e. The van der Waals surface area contributed by atoms with E-state index in [1.165, 1.54) is 0 Å². The molecule has 0 saturated carbocycles. The van der Waals surface area contributed by atoms with Crippen molar-refractivity contribution in [2.24, 2.45) is 7.05 Å². The molecule has 0 amide bonds. The Hall–Kier alpha value is -3.02. The number of aryl methyl sites for hydroxylation is 1. The molecule has 104 valence electrons. The Morgan fingerprint density at radius 2 is 1.76 bits per heavy atom. The van der Waals surface area contributed by atoms with E-state index in [1.54, 1.807) is 12.1 Å². The molecule has 6 nitrogen and oxygen atoms in total. The highest BCUT2D eigenvalue weighted by molar-refractivity contribution is 5.85. The van der Waals surface area contributed by atoms with Crippen molar-refractivity contribution in [3.05, 3.63) is 42.5 Å². The van der Waals surface area contributed by atoms with E-state index in [-0.39, 0.29) is 5.75 Å². The van der Waals surface area contributed by atoms with Crippen molar-refractivity contribution in [1.29, 1.82) is 0 Å². The molecule has 0 aliphatic carbocycles. The van der Waals surface area contributed by atoms with Crippen LogP contribution in [-0.2, 0) is 7.05 Å². The largest absolute Gasteiger partial charge is 0.508 e. The van der Waals surface area contributed by atoms with Gasteiger partial charge in [0.05, 0.1) is 11.0 Å². The van der Waals surface area contributed by atoms with Crippen molar-refractivity contribution in [3.8, 4) is 17.1 Å². The number of rotatable bonds is 1. The average molecular weight is 279 g/mol. The normalized spacial score (nSPS) is 11.5. The number of nitrogen functional groups attached to an aromatic ring is 1. The Labute approximate surface area is 120 Å². The second-order valence-corrected chi connectivity index (χ2v) is 5.01. The Morgan fingerprint density at radius 1 is 1.00 bits per heavy atom. The number of aromatic nitrogens is 4. The Morgan fingerprint density at radius 3 is 2.52 bits per heavy atom. The minimum atomic E-state index is 0.224. The molecule has 4 aromatic rings. The third-order valence-corrected chi connectivity index (χ3v) is 3.67. The van der Waals surface area contributed by atoms with Crippen LogP contribution >= 0.6 is 0 Å². The van der Waals surface area contributed by atoms with Gasteiger partial charge in [-0.1, -0.05) is 0 Å². The molecule has 2 aromatic heterocycles. The summed E-state index contributed by atoms with van der Waals surface area (Å²) in [6.07, 6.45) is 0. The fourth-order valence-electron chi connectivity index (χ4n) is 2.62. The first-order chi connectivity index (χ1) is 10.1. The summed E-state index contributed by atoms with van der Waals surface area (Å²) in [5.74, 6) is 1.70. The van der Waals surface area contributed by atoms with Crippen molar-refractivity contribution in [2.75, 3.05) is 5.73 Å². The molecule has 6 heteroatoms. The molecule has 0 atom stereocenters. The minimum absolute atomic E-state index is 0.224. The fraction of sp³-hybridized carbons (Fsp3) is 0.0667. The van der Waals surface area contributed by atoms with Gasteiger partial charge < -0.3 is 15.4 Å². The van der Waals surface area contributed by atoms with Crippen LogP contribution in [0.5, 0.6) is 5.75 Å². The van der Waals surface area contributed by atoms with Gasteiger partial charge in [0, 0.05) is 18.3 Å². The highest BCUT2D eigenvalue weighted by Gasteiger charge is 2.16. The molecule has 3 N–H and O–H groups in total. The molecule has 0 spiro atoms. The van der Waals surface area contributed by atoms with Gasteiger partial charge in [-0.2, -0.15) is 0 Å². The zero-order valence-corrected chi connectivity index (χ0v) is 11.4. The van der Waals surface area contributed by atoms with E-state index in [0.29, 0.717) is 5.69 Å². The summed E-state index contributed by atoms with van der Waals surface area (Å²) in [5, 5.41) is 17.9.